The van der Waals surface area contributed by atoms with Crippen LogP contribution in [0, 0.1) is 24.0 Å². The lowest BCUT2D eigenvalue weighted by molar-refractivity contribution is -0.384. The first kappa shape index (κ1) is 15.6. The molecule has 6 nitrogen and oxygen atoms in total. The quantitative estimate of drug-likeness (QED) is 0.412. The molecule has 0 spiro atoms. The molecule has 0 aliphatic heterocycles. The van der Waals surface area contributed by atoms with Gasteiger partial charge in [0.1, 0.15) is 5.69 Å². The van der Waals surface area contributed by atoms with Gasteiger partial charge in [0.25, 0.3) is 5.69 Å². The van der Waals surface area contributed by atoms with Gasteiger partial charge >= 0.3 is 0 Å². The molecule has 6 heteroatoms. The van der Waals surface area contributed by atoms with Gasteiger partial charge in [-0.3, -0.25) is 15.1 Å². The van der Waals surface area contributed by atoms with E-state index >= 15 is 0 Å². The van der Waals surface area contributed by atoms with E-state index in [0.29, 0.717) is 0 Å². The van der Waals surface area contributed by atoms with E-state index in [2.05, 4.69) is 10.1 Å². The van der Waals surface area contributed by atoms with Crippen LogP contribution < -0.4 is 0 Å². The van der Waals surface area contributed by atoms with Crippen molar-refractivity contribution in [1.29, 1.82) is 0 Å². The molecule has 2 aromatic carbocycles. The topological polar surface area (TPSA) is 73.3 Å². The van der Waals surface area contributed by atoms with Crippen LogP contribution in [0.15, 0.2) is 59.6 Å². The average molecular weight is 320 g/mol. The highest BCUT2D eigenvalue weighted by Crippen LogP contribution is 2.26. The summed E-state index contributed by atoms with van der Waals surface area (Å²) in [7, 11) is 0. The molecule has 0 aliphatic carbocycles. The van der Waals surface area contributed by atoms with Crippen LogP contribution >= 0.6 is 0 Å². The van der Waals surface area contributed by atoms with Gasteiger partial charge in [-0.15, -0.1) is 0 Å². The van der Waals surface area contributed by atoms with Gasteiger partial charge in [-0.05, 0) is 31.5 Å². The molecule has 1 heterocycles. The molecule has 0 bridgehead atoms. The Morgan fingerprint density at radius 2 is 1.75 bits per heavy atom. The zero-order chi connectivity index (χ0) is 17.1. The second kappa shape index (κ2) is 6.45. The van der Waals surface area contributed by atoms with Crippen LogP contribution in [0.5, 0.6) is 0 Å². The maximum Gasteiger partial charge on any atom is 0.269 e. The predicted molar refractivity (Wildman–Crippen MR) is 93.4 cm³/mol. The smallest absolute Gasteiger partial charge is 0.258 e. The number of benzene rings is 2. The van der Waals surface area contributed by atoms with Crippen molar-refractivity contribution >= 4 is 17.6 Å². The second-order valence-corrected chi connectivity index (χ2v) is 5.37. The number of non-ortho nitro benzene ring substituents is 1. The summed E-state index contributed by atoms with van der Waals surface area (Å²) in [4.78, 5) is 14.9. The van der Waals surface area contributed by atoms with Crippen molar-refractivity contribution in [3.05, 3.63) is 81.7 Å². The first-order valence-electron chi connectivity index (χ1n) is 7.46. The van der Waals surface area contributed by atoms with E-state index in [1.165, 1.54) is 12.1 Å². The first-order chi connectivity index (χ1) is 11.6. The molecule has 0 amide bonds. The summed E-state index contributed by atoms with van der Waals surface area (Å²) in [5.41, 5.74) is 4.33. The van der Waals surface area contributed by atoms with E-state index in [9.17, 15) is 10.1 Å². The number of aryl methyl sites for hydroxylation is 1. The summed E-state index contributed by atoms with van der Waals surface area (Å²) >= 11 is 0. The molecule has 3 aromatic rings. The second-order valence-electron chi connectivity index (χ2n) is 5.37. The van der Waals surface area contributed by atoms with E-state index in [0.717, 1.165) is 28.3 Å². The van der Waals surface area contributed by atoms with Crippen LogP contribution in [-0.4, -0.2) is 20.9 Å². The third-order valence-corrected chi connectivity index (χ3v) is 3.70. The Bertz CT molecular complexity index is 897. The van der Waals surface area contributed by atoms with Crippen molar-refractivity contribution in [2.75, 3.05) is 0 Å². The number of nitro groups is 1. The zero-order valence-electron chi connectivity index (χ0n) is 13.4. The van der Waals surface area contributed by atoms with E-state index in [4.69, 9.17) is 0 Å². The molecule has 24 heavy (non-hydrogen) atoms. The zero-order valence-corrected chi connectivity index (χ0v) is 13.4. The summed E-state index contributed by atoms with van der Waals surface area (Å²) in [6.45, 7) is 3.83. The predicted octanol–water partition coefficient (Wildman–Crippen LogP) is 4.15. The number of nitro benzene ring substituents is 1. The summed E-state index contributed by atoms with van der Waals surface area (Å²) in [5.74, 6) is 0. The molecule has 0 aliphatic rings. The lowest BCUT2D eigenvalue weighted by Gasteiger charge is -2.03. The highest BCUT2D eigenvalue weighted by atomic mass is 16.6. The van der Waals surface area contributed by atoms with Crippen molar-refractivity contribution in [2.24, 2.45) is 4.99 Å². The number of rotatable bonds is 4. The molecule has 0 radical (unpaired) electrons. The Morgan fingerprint density at radius 1 is 1.08 bits per heavy atom. The van der Waals surface area contributed by atoms with E-state index < -0.39 is 4.92 Å². The molecular weight excluding hydrogens is 304 g/mol. The van der Waals surface area contributed by atoms with Gasteiger partial charge in [-0.2, -0.15) is 5.10 Å². The number of aromatic nitrogens is 2. The van der Waals surface area contributed by atoms with Crippen molar-refractivity contribution in [3.8, 4) is 5.69 Å². The van der Waals surface area contributed by atoms with Gasteiger partial charge in [0.05, 0.1) is 22.0 Å². The third kappa shape index (κ3) is 3.08. The summed E-state index contributed by atoms with van der Waals surface area (Å²) in [5, 5.41) is 15.3. The van der Waals surface area contributed by atoms with Crippen LogP contribution in [0.4, 0.5) is 11.4 Å². The van der Waals surface area contributed by atoms with Crippen LogP contribution in [-0.2, 0) is 0 Å². The fourth-order valence-corrected chi connectivity index (χ4v) is 2.47. The van der Waals surface area contributed by atoms with Gasteiger partial charge in [0, 0.05) is 18.3 Å². The standard InChI is InChI=1S/C18H16N4O2/c1-13-18(19-12-15-6-4-3-5-7-15)14(2)21(20-13)16-8-10-17(11-9-16)22(23)24/h3-12H,1-2H3. The average Bonchev–Trinajstić information content (AvgIpc) is 2.88. The maximum absolute atomic E-state index is 10.8. The SMILES string of the molecule is Cc1nn(-c2ccc([N+](=O)[O-])cc2)c(C)c1N=Cc1ccccc1. The minimum absolute atomic E-state index is 0.0580. The Hall–Kier alpha value is -3.28. The lowest BCUT2D eigenvalue weighted by atomic mass is 10.2. The Balaban J connectivity index is 1.94. The fraction of sp³-hybridized carbons (Fsp3) is 0.111. The molecule has 0 atom stereocenters. The number of hydrogen-bond acceptors (Lipinski definition) is 4. The highest BCUT2D eigenvalue weighted by Gasteiger charge is 2.13. The van der Waals surface area contributed by atoms with Gasteiger partial charge in [0.2, 0.25) is 0 Å². The third-order valence-electron chi connectivity index (χ3n) is 3.70. The van der Waals surface area contributed by atoms with Crippen molar-refractivity contribution in [3.63, 3.8) is 0 Å². The Kier molecular flexibility index (Phi) is 4.20. The molecule has 120 valence electrons. The number of nitrogens with zero attached hydrogens (tertiary/aromatic N) is 4. The summed E-state index contributed by atoms with van der Waals surface area (Å²) < 4.78 is 1.75. The van der Waals surface area contributed by atoms with Crippen LogP contribution in [0.3, 0.4) is 0 Å². The molecule has 0 N–H and O–H groups in total. The van der Waals surface area contributed by atoms with Gasteiger partial charge in [0.15, 0.2) is 0 Å². The number of aliphatic imine (C=N–C) groups is 1. The molecule has 0 saturated carbocycles. The molecule has 1 aromatic heterocycles. The van der Waals surface area contributed by atoms with Gasteiger partial charge in [-0.1, -0.05) is 30.3 Å². The summed E-state index contributed by atoms with van der Waals surface area (Å²) in [6.07, 6.45) is 1.80. The summed E-state index contributed by atoms with van der Waals surface area (Å²) in [6, 6.07) is 16.1. The van der Waals surface area contributed by atoms with Crippen LogP contribution in [0.1, 0.15) is 17.0 Å². The first-order valence-corrected chi connectivity index (χ1v) is 7.46. The molecule has 0 fully saturated rings. The largest absolute Gasteiger partial charge is 0.269 e. The van der Waals surface area contributed by atoms with E-state index in [-0.39, 0.29) is 5.69 Å². The lowest BCUT2D eigenvalue weighted by Crippen LogP contribution is -1.99. The van der Waals surface area contributed by atoms with Gasteiger partial charge in [-0.25, -0.2) is 4.68 Å². The Labute approximate surface area is 139 Å². The van der Waals surface area contributed by atoms with Crippen LogP contribution in [0.2, 0.25) is 0 Å². The van der Waals surface area contributed by atoms with E-state index in [1.807, 2.05) is 44.2 Å². The van der Waals surface area contributed by atoms with Crippen molar-refractivity contribution in [2.45, 2.75) is 13.8 Å². The minimum atomic E-state index is -0.416. The Morgan fingerprint density at radius 3 is 2.38 bits per heavy atom. The van der Waals surface area contributed by atoms with Crippen LogP contribution in [0.25, 0.3) is 5.69 Å². The minimum Gasteiger partial charge on any atom is -0.258 e. The molecule has 0 unspecified atom stereocenters. The fourth-order valence-electron chi connectivity index (χ4n) is 2.47. The molecule has 0 saturated heterocycles. The number of hydrogen-bond donors (Lipinski definition) is 0. The highest BCUT2D eigenvalue weighted by molar-refractivity contribution is 5.82. The molecule has 3 rings (SSSR count). The molecular formula is C18H16N4O2. The van der Waals surface area contributed by atoms with Gasteiger partial charge < -0.3 is 0 Å². The van der Waals surface area contributed by atoms with E-state index in [1.54, 1.807) is 23.0 Å². The maximum atomic E-state index is 10.8. The normalized spacial score (nSPS) is 11.1. The monoisotopic (exact) mass is 320 g/mol. The van der Waals surface area contributed by atoms with Crippen molar-refractivity contribution in [1.82, 2.24) is 9.78 Å². The van der Waals surface area contributed by atoms with Crippen molar-refractivity contribution < 1.29 is 4.92 Å².